The highest BCUT2D eigenvalue weighted by Gasteiger charge is 2.33. The van der Waals surface area contributed by atoms with Crippen LogP contribution in [0.5, 0.6) is 0 Å². The number of hydrogen-bond donors (Lipinski definition) is 1. The summed E-state index contributed by atoms with van der Waals surface area (Å²) >= 11 is 12.4. The fourth-order valence-electron chi connectivity index (χ4n) is 4.31. The molecule has 0 saturated heterocycles. The van der Waals surface area contributed by atoms with E-state index in [1.165, 1.54) is 37.2 Å². The number of rotatable bonds is 10. The number of benzene rings is 2. The van der Waals surface area contributed by atoms with Crippen LogP contribution < -0.4 is 9.62 Å². The number of halogens is 3. The molecule has 2 aromatic rings. The maximum absolute atomic E-state index is 13.8. The normalized spacial score (nSPS) is 15.2. The maximum Gasteiger partial charge on any atom is 0.304 e. The van der Waals surface area contributed by atoms with Gasteiger partial charge in [0.25, 0.3) is 0 Å². The fourth-order valence-corrected chi connectivity index (χ4v) is 5.83. The first-order valence-corrected chi connectivity index (χ1v) is 14.5. The minimum absolute atomic E-state index is 0.0274. The molecular weight excluding hydrogens is 554 g/mol. The van der Waals surface area contributed by atoms with Gasteiger partial charge >= 0.3 is 10.2 Å². The lowest BCUT2D eigenvalue weighted by molar-refractivity contribution is -0.139. The Morgan fingerprint density at radius 3 is 2.26 bits per heavy atom. The van der Waals surface area contributed by atoms with Crippen molar-refractivity contribution in [2.75, 3.05) is 24.9 Å². The van der Waals surface area contributed by atoms with E-state index in [1.54, 1.807) is 19.1 Å². The Balaban J connectivity index is 1.94. The minimum atomic E-state index is -4.14. The molecule has 1 aliphatic rings. The predicted octanol–water partition coefficient (Wildman–Crippen LogP) is 4.61. The van der Waals surface area contributed by atoms with Crippen molar-refractivity contribution in [3.63, 3.8) is 0 Å². The van der Waals surface area contributed by atoms with E-state index in [1.807, 2.05) is 0 Å². The van der Waals surface area contributed by atoms with Gasteiger partial charge in [-0.3, -0.25) is 9.59 Å². The maximum atomic E-state index is 13.8. The van der Waals surface area contributed by atoms with Crippen molar-refractivity contribution in [2.24, 2.45) is 0 Å². The molecule has 1 N–H and O–H groups in total. The van der Waals surface area contributed by atoms with Crippen LogP contribution in [0.2, 0.25) is 10.0 Å². The number of nitrogens with one attached hydrogen (secondary N) is 1. The molecular formula is C26H33Cl2FN4O4S. The third kappa shape index (κ3) is 7.59. The molecule has 0 unspecified atom stereocenters. The zero-order valence-electron chi connectivity index (χ0n) is 21.7. The van der Waals surface area contributed by atoms with Crippen LogP contribution in [0.4, 0.5) is 10.1 Å². The molecule has 1 saturated carbocycles. The first kappa shape index (κ1) is 30.1. The highest BCUT2D eigenvalue weighted by molar-refractivity contribution is 7.90. The SMILES string of the molecule is C[C@H](C(=O)NC1CCCCC1)N(Cc1ccc(Cl)cc1Cl)C(=O)CN(c1ccc(F)cc1)S(=O)(=O)N(C)C. The smallest absolute Gasteiger partial charge is 0.304 e. The number of anilines is 1. The summed E-state index contributed by atoms with van der Waals surface area (Å²) in [6, 6.07) is 8.71. The van der Waals surface area contributed by atoms with Gasteiger partial charge in [-0.15, -0.1) is 0 Å². The summed E-state index contributed by atoms with van der Waals surface area (Å²) in [4.78, 5) is 28.3. The molecule has 208 valence electrons. The molecule has 1 aliphatic carbocycles. The van der Waals surface area contributed by atoms with Gasteiger partial charge in [0.15, 0.2) is 0 Å². The molecule has 8 nitrogen and oxygen atoms in total. The number of carbonyl (C=O) groups excluding carboxylic acids is 2. The second kappa shape index (κ2) is 13.1. The molecule has 0 radical (unpaired) electrons. The zero-order valence-corrected chi connectivity index (χ0v) is 24.0. The van der Waals surface area contributed by atoms with Crippen LogP contribution >= 0.6 is 23.2 Å². The third-order valence-corrected chi connectivity index (χ3v) is 9.01. The van der Waals surface area contributed by atoms with E-state index in [2.05, 4.69) is 5.32 Å². The van der Waals surface area contributed by atoms with Gasteiger partial charge in [0.2, 0.25) is 11.8 Å². The lowest BCUT2D eigenvalue weighted by atomic mass is 9.95. The molecule has 1 fully saturated rings. The van der Waals surface area contributed by atoms with Gasteiger partial charge in [-0.05, 0) is 61.7 Å². The summed E-state index contributed by atoms with van der Waals surface area (Å²) in [7, 11) is -1.47. The van der Waals surface area contributed by atoms with Gasteiger partial charge in [0.05, 0.1) is 5.69 Å². The number of hydrogen-bond acceptors (Lipinski definition) is 4. The largest absolute Gasteiger partial charge is 0.352 e. The monoisotopic (exact) mass is 586 g/mol. The Kier molecular flexibility index (Phi) is 10.4. The predicted molar refractivity (Wildman–Crippen MR) is 148 cm³/mol. The van der Waals surface area contributed by atoms with Crippen molar-refractivity contribution in [1.82, 2.24) is 14.5 Å². The van der Waals surface area contributed by atoms with E-state index in [4.69, 9.17) is 23.2 Å². The van der Waals surface area contributed by atoms with E-state index >= 15 is 0 Å². The lowest BCUT2D eigenvalue weighted by Gasteiger charge is -2.34. The first-order valence-electron chi connectivity index (χ1n) is 12.4. The van der Waals surface area contributed by atoms with Gasteiger partial charge in [0, 0.05) is 36.7 Å². The van der Waals surface area contributed by atoms with Crippen LogP contribution in [0.25, 0.3) is 0 Å². The highest BCUT2D eigenvalue weighted by Crippen LogP contribution is 2.25. The van der Waals surface area contributed by atoms with Crippen molar-refractivity contribution < 1.29 is 22.4 Å². The molecule has 12 heteroatoms. The Morgan fingerprint density at radius 2 is 1.68 bits per heavy atom. The fraction of sp³-hybridized carbons (Fsp3) is 0.462. The van der Waals surface area contributed by atoms with Crippen LogP contribution in [0.3, 0.4) is 0 Å². The quantitative estimate of drug-likeness (QED) is 0.440. The number of carbonyl (C=O) groups is 2. The number of amides is 2. The van der Waals surface area contributed by atoms with Crippen LogP contribution in [0.1, 0.15) is 44.6 Å². The molecule has 0 heterocycles. The van der Waals surface area contributed by atoms with E-state index in [0.717, 1.165) is 52.8 Å². The Bertz CT molecular complexity index is 1240. The lowest BCUT2D eigenvalue weighted by Crippen LogP contribution is -2.53. The van der Waals surface area contributed by atoms with Crippen molar-refractivity contribution in [2.45, 2.75) is 57.7 Å². The second-order valence-electron chi connectivity index (χ2n) is 9.55. The van der Waals surface area contributed by atoms with Crippen molar-refractivity contribution in [1.29, 1.82) is 0 Å². The molecule has 0 bridgehead atoms. The molecule has 2 aromatic carbocycles. The molecule has 3 rings (SSSR count). The Labute approximate surface area is 233 Å². The van der Waals surface area contributed by atoms with E-state index < -0.39 is 34.5 Å². The van der Waals surface area contributed by atoms with Crippen LogP contribution in [-0.2, 0) is 26.3 Å². The van der Waals surface area contributed by atoms with Crippen molar-refractivity contribution >= 4 is 50.9 Å². The van der Waals surface area contributed by atoms with Gasteiger partial charge < -0.3 is 10.2 Å². The highest BCUT2D eigenvalue weighted by atomic mass is 35.5. The van der Waals surface area contributed by atoms with Crippen LogP contribution in [0.15, 0.2) is 42.5 Å². The summed E-state index contributed by atoms with van der Waals surface area (Å²) in [6.45, 7) is 0.939. The topological polar surface area (TPSA) is 90.0 Å². The summed E-state index contributed by atoms with van der Waals surface area (Å²) in [6.07, 6.45) is 4.92. The average Bonchev–Trinajstić information content (AvgIpc) is 2.87. The van der Waals surface area contributed by atoms with Gasteiger partial charge in [-0.2, -0.15) is 12.7 Å². The van der Waals surface area contributed by atoms with E-state index in [9.17, 15) is 22.4 Å². The minimum Gasteiger partial charge on any atom is -0.352 e. The van der Waals surface area contributed by atoms with Gasteiger partial charge in [0.1, 0.15) is 18.4 Å². The van der Waals surface area contributed by atoms with Crippen molar-refractivity contribution in [3.8, 4) is 0 Å². The molecule has 0 aliphatic heterocycles. The first-order chi connectivity index (χ1) is 17.9. The third-order valence-electron chi connectivity index (χ3n) is 6.61. The molecule has 0 aromatic heterocycles. The average molecular weight is 588 g/mol. The number of nitrogens with zero attached hydrogens (tertiary/aromatic N) is 3. The molecule has 0 spiro atoms. The summed E-state index contributed by atoms with van der Waals surface area (Å²) in [5.41, 5.74) is 0.655. The summed E-state index contributed by atoms with van der Waals surface area (Å²) in [5, 5.41) is 3.76. The summed E-state index contributed by atoms with van der Waals surface area (Å²) < 4.78 is 41.7. The molecule has 38 heavy (non-hydrogen) atoms. The Hall–Kier alpha value is -2.40. The Morgan fingerprint density at radius 1 is 1.05 bits per heavy atom. The molecule has 2 amide bonds. The standard InChI is InChI=1S/C26H33Cl2FN4O4S/c1-18(26(35)30-22-7-5-4-6-8-22)32(16-19-9-10-20(27)15-24(19)28)25(34)17-33(38(36,37)31(2)3)23-13-11-21(29)12-14-23/h9-15,18,22H,4-8,16-17H2,1-3H3,(H,30,35)/t18-/m1/s1. The van der Waals surface area contributed by atoms with Crippen molar-refractivity contribution in [3.05, 3.63) is 63.9 Å². The van der Waals surface area contributed by atoms with Crippen LogP contribution in [0, 0.1) is 5.82 Å². The molecule has 1 atom stereocenters. The second-order valence-corrected chi connectivity index (χ2v) is 12.5. The zero-order chi connectivity index (χ0) is 28.0. The van der Waals surface area contributed by atoms with E-state index in [-0.39, 0.29) is 24.2 Å². The summed E-state index contributed by atoms with van der Waals surface area (Å²) in [5.74, 6) is -1.51. The van der Waals surface area contributed by atoms with Gasteiger partial charge in [-0.25, -0.2) is 8.70 Å². The van der Waals surface area contributed by atoms with E-state index in [0.29, 0.717) is 15.6 Å². The van der Waals surface area contributed by atoms with Gasteiger partial charge in [-0.1, -0.05) is 48.5 Å². The van der Waals surface area contributed by atoms with Crippen LogP contribution in [-0.4, -0.2) is 62.2 Å².